The molecule has 0 unspecified atom stereocenters. The third kappa shape index (κ3) is 4.91. The summed E-state index contributed by atoms with van der Waals surface area (Å²) in [5, 5.41) is 0. The Hall–Kier alpha value is -1.97. The Bertz CT molecular complexity index is 485. The lowest BCUT2D eigenvalue weighted by molar-refractivity contribution is 0.855. The predicted molar refractivity (Wildman–Crippen MR) is 72.6 cm³/mol. The van der Waals surface area contributed by atoms with Gasteiger partial charge in [-0.1, -0.05) is 26.8 Å². The van der Waals surface area contributed by atoms with Crippen molar-refractivity contribution in [1.82, 2.24) is 15.0 Å². The van der Waals surface area contributed by atoms with Crippen LogP contribution in [0.1, 0.15) is 37.9 Å². The van der Waals surface area contributed by atoms with E-state index in [2.05, 4.69) is 35.7 Å². The molecule has 0 saturated heterocycles. The fraction of sp³-hybridized carbons (Fsp3) is 0.357. The fourth-order valence-corrected chi connectivity index (χ4v) is 1.31. The van der Waals surface area contributed by atoms with Crippen molar-refractivity contribution in [2.75, 3.05) is 0 Å². The van der Waals surface area contributed by atoms with Gasteiger partial charge in [0, 0.05) is 24.2 Å². The van der Waals surface area contributed by atoms with Gasteiger partial charge >= 0.3 is 0 Å². The number of nitrogens with one attached hydrogen (secondary N) is 1. The number of aryl methyl sites for hydroxylation is 1. The van der Waals surface area contributed by atoms with Gasteiger partial charge in [0.15, 0.2) is 0 Å². The Morgan fingerprint density at radius 1 is 1.28 bits per heavy atom. The van der Waals surface area contributed by atoms with Gasteiger partial charge < -0.3 is 4.98 Å². The minimum Gasteiger partial charge on any atom is -0.329 e. The van der Waals surface area contributed by atoms with Gasteiger partial charge in [-0.2, -0.15) is 0 Å². The average molecular weight is 245 g/mol. The van der Waals surface area contributed by atoms with Crippen molar-refractivity contribution in [3.05, 3.63) is 58.5 Å². The molecule has 0 aliphatic heterocycles. The lowest BCUT2D eigenvalue weighted by atomic mass is 10.1. The fourth-order valence-electron chi connectivity index (χ4n) is 1.31. The first-order valence-electron chi connectivity index (χ1n) is 6.07. The zero-order valence-corrected chi connectivity index (χ0v) is 11.1. The summed E-state index contributed by atoms with van der Waals surface area (Å²) in [6, 6.07) is 5.32. The summed E-state index contributed by atoms with van der Waals surface area (Å²) in [6.07, 6.45) is 6.07. The Balaban J connectivity index is 0.000000184. The molecule has 96 valence electrons. The summed E-state index contributed by atoms with van der Waals surface area (Å²) in [4.78, 5) is 21.0. The predicted octanol–water partition coefficient (Wildman–Crippen LogP) is 2.54. The highest BCUT2D eigenvalue weighted by molar-refractivity contribution is 5.12. The first-order valence-corrected chi connectivity index (χ1v) is 6.07. The van der Waals surface area contributed by atoms with Crippen molar-refractivity contribution in [1.29, 1.82) is 0 Å². The van der Waals surface area contributed by atoms with E-state index in [1.54, 1.807) is 24.8 Å². The zero-order valence-electron chi connectivity index (χ0n) is 11.1. The molecule has 0 fully saturated rings. The summed E-state index contributed by atoms with van der Waals surface area (Å²) in [7, 11) is 0. The van der Waals surface area contributed by atoms with Gasteiger partial charge in [-0.05, 0) is 24.0 Å². The van der Waals surface area contributed by atoms with E-state index in [0.717, 1.165) is 12.1 Å². The molecule has 2 heterocycles. The maximum Gasteiger partial charge on any atom is 0.247 e. The standard InChI is InChI=1S/C8H11NO.C6H8N2/c1-6(2)7-3-4-8(10)9-5-7;1-2-6-3-4-7-5-8-6/h3-6H,1-2H3,(H,9,10);3-5H,2H2,1H3. The molecule has 0 bridgehead atoms. The van der Waals surface area contributed by atoms with E-state index < -0.39 is 0 Å². The SMILES string of the molecule is CC(C)c1ccc(=O)[nH]c1.CCc1ccncn1. The lowest BCUT2D eigenvalue weighted by Gasteiger charge is -2.01. The molecule has 0 aliphatic rings. The van der Waals surface area contributed by atoms with Crippen molar-refractivity contribution >= 4 is 0 Å². The highest BCUT2D eigenvalue weighted by Crippen LogP contribution is 2.09. The van der Waals surface area contributed by atoms with Crippen LogP contribution < -0.4 is 5.56 Å². The molecule has 0 atom stereocenters. The number of aromatic amines is 1. The van der Waals surface area contributed by atoms with Gasteiger partial charge in [0.1, 0.15) is 6.33 Å². The van der Waals surface area contributed by atoms with Crippen LogP contribution in [0.4, 0.5) is 0 Å². The third-order valence-corrected chi connectivity index (χ3v) is 2.48. The number of H-pyrrole nitrogens is 1. The average Bonchev–Trinajstić information content (AvgIpc) is 2.41. The molecule has 0 radical (unpaired) electrons. The van der Waals surface area contributed by atoms with Crippen molar-refractivity contribution in [3.63, 3.8) is 0 Å². The Labute approximate surface area is 107 Å². The minimum atomic E-state index is -0.0376. The molecular weight excluding hydrogens is 226 g/mol. The Morgan fingerprint density at radius 3 is 2.44 bits per heavy atom. The minimum absolute atomic E-state index is 0.0376. The van der Waals surface area contributed by atoms with Crippen LogP contribution in [-0.2, 0) is 6.42 Å². The molecule has 0 aliphatic carbocycles. The maximum absolute atomic E-state index is 10.6. The number of hydrogen-bond donors (Lipinski definition) is 1. The molecule has 18 heavy (non-hydrogen) atoms. The first-order chi connectivity index (χ1) is 8.63. The summed E-state index contributed by atoms with van der Waals surface area (Å²) in [5.74, 6) is 0.483. The van der Waals surface area contributed by atoms with Crippen molar-refractivity contribution in [2.45, 2.75) is 33.1 Å². The second-order valence-electron chi connectivity index (χ2n) is 4.20. The number of nitrogens with zero attached hydrogens (tertiary/aromatic N) is 2. The topological polar surface area (TPSA) is 58.6 Å². The van der Waals surface area contributed by atoms with Crippen LogP contribution in [0.5, 0.6) is 0 Å². The highest BCUT2D eigenvalue weighted by atomic mass is 16.1. The van der Waals surface area contributed by atoms with Gasteiger partial charge in [-0.15, -0.1) is 0 Å². The monoisotopic (exact) mass is 245 g/mol. The van der Waals surface area contributed by atoms with Crippen LogP contribution in [0.2, 0.25) is 0 Å². The van der Waals surface area contributed by atoms with Crippen LogP contribution in [0, 0.1) is 0 Å². The number of aromatic nitrogens is 3. The van der Waals surface area contributed by atoms with Gasteiger partial charge in [0.25, 0.3) is 0 Å². The number of hydrogen-bond acceptors (Lipinski definition) is 3. The van der Waals surface area contributed by atoms with Gasteiger partial charge in [0.2, 0.25) is 5.56 Å². The molecule has 2 aromatic rings. The van der Waals surface area contributed by atoms with E-state index >= 15 is 0 Å². The van der Waals surface area contributed by atoms with Crippen molar-refractivity contribution < 1.29 is 0 Å². The van der Waals surface area contributed by atoms with Crippen molar-refractivity contribution in [3.8, 4) is 0 Å². The summed E-state index contributed by atoms with van der Waals surface area (Å²) in [6.45, 7) is 6.25. The van der Waals surface area contributed by atoms with Crippen LogP contribution in [0.3, 0.4) is 0 Å². The van der Waals surface area contributed by atoms with Crippen LogP contribution in [0.15, 0.2) is 41.7 Å². The van der Waals surface area contributed by atoms with Gasteiger partial charge in [-0.25, -0.2) is 9.97 Å². The molecule has 0 aromatic carbocycles. The third-order valence-electron chi connectivity index (χ3n) is 2.48. The maximum atomic E-state index is 10.6. The summed E-state index contributed by atoms with van der Waals surface area (Å²) >= 11 is 0. The molecule has 2 aromatic heterocycles. The zero-order chi connectivity index (χ0) is 13.4. The number of rotatable bonds is 2. The molecule has 0 saturated carbocycles. The second-order valence-corrected chi connectivity index (χ2v) is 4.20. The molecule has 1 N–H and O–H groups in total. The first kappa shape index (κ1) is 14.1. The van der Waals surface area contributed by atoms with E-state index in [1.807, 2.05) is 12.1 Å². The lowest BCUT2D eigenvalue weighted by Crippen LogP contribution is -2.03. The van der Waals surface area contributed by atoms with E-state index in [-0.39, 0.29) is 5.56 Å². The van der Waals surface area contributed by atoms with E-state index in [1.165, 1.54) is 5.56 Å². The highest BCUT2D eigenvalue weighted by Gasteiger charge is 1.95. The second kappa shape index (κ2) is 7.37. The smallest absolute Gasteiger partial charge is 0.247 e. The Morgan fingerprint density at radius 2 is 2.06 bits per heavy atom. The molecule has 0 amide bonds. The molecule has 4 heteroatoms. The van der Waals surface area contributed by atoms with Crippen LogP contribution >= 0.6 is 0 Å². The van der Waals surface area contributed by atoms with E-state index in [0.29, 0.717) is 5.92 Å². The largest absolute Gasteiger partial charge is 0.329 e. The molecular formula is C14H19N3O. The molecule has 0 spiro atoms. The van der Waals surface area contributed by atoms with Crippen LogP contribution in [-0.4, -0.2) is 15.0 Å². The van der Waals surface area contributed by atoms with Gasteiger partial charge in [-0.3, -0.25) is 4.79 Å². The molecule has 2 rings (SSSR count). The molecule has 4 nitrogen and oxygen atoms in total. The summed E-state index contributed by atoms with van der Waals surface area (Å²) in [5.41, 5.74) is 2.23. The Kier molecular flexibility index (Phi) is 5.77. The van der Waals surface area contributed by atoms with Crippen LogP contribution in [0.25, 0.3) is 0 Å². The van der Waals surface area contributed by atoms with E-state index in [4.69, 9.17) is 0 Å². The van der Waals surface area contributed by atoms with E-state index in [9.17, 15) is 4.79 Å². The normalized spacial score (nSPS) is 9.78. The van der Waals surface area contributed by atoms with Crippen molar-refractivity contribution in [2.24, 2.45) is 0 Å². The van der Waals surface area contributed by atoms with Gasteiger partial charge in [0.05, 0.1) is 0 Å². The quantitative estimate of drug-likeness (QED) is 0.884. The number of pyridine rings is 1. The summed E-state index contributed by atoms with van der Waals surface area (Å²) < 4.78 is 0.